The maximum Gasteiger partial charge on any atom is 0.251 e. The van der Waals surface area contributed by atoms with Crippen LogP contribution in [-0.2, 0) is 4.79 Å². The minimum Gasteiger partial charge on any atom is -0.341 e. The first-order valence-corrected chi connectivity index (χ1v) is 11.8. The van der Waals surface area contributed by atoms with Gasteiger partial charge in [-0.2, -0.15) is 4.68 Å². The second-order valence-electron chi connectivity index (χ2n) is 9.08. The van der Waals surface area contributed by atoms with E-state index in [1.165, 1.54) is 24.0 Å². The van der Waals surface area contributed by atoms with Crippen LogP contribution in [0.15, 0.2) is 54.6 Å². The first kappa shape index (κ1) is 21.4. The van der Waals surface area contributed by atoms with E-state index in [4.69, 9.17) is 0 Å². The van der Waals surface area contributed by atoms with E-state index in [9.17, 15) is 4.79 Å². The third kappa shape index (κ3) is 4.40. The number of rotatable bonds is 4. The number of benzene rings is 2. The van der Waals surface area contributed by atoms with Crippen LogP contribution in [0.5, 0.6) is 0 Å². The topological polar surface area (TPSA) is 67.2 Å². The van der Waals surface area contributed by atoms with Gasteiger partial charge in [-0.05, 0) is 54.3 Å². The maximum atomic E-state index is 13.3. The Morgan fingerprint density at radius 1 is 0.909 bits per heavy atom. The number of anilines is 1. The lowest BCUT2D eigenvalue weighted by atomic mass is 9.99. The van der Waals surface area contributed by atoms with Crippen LogP contribution in [0, 0.1) is 13.8 Å². The zero-order chi connectivity index (χ0) is 22.8. The number of aryl methyl sites for hydroxylation is 2. The van der Waals surface area contributed by atoms with Gasteiger partial charge in [0.2, 0.25) is 5.91 Å². The third-order valence-electron chi connectivity index (χ3n) is 6.61. The molecule has 170 valence electrons. The summed E-state index contributed by atoms with van der Waals surface area (Å²) in [6, 6.07) is 16.7. The number of carbonyl (C=O) groups excluding carboxylic acids is 1. The summed E-state index contributed by atoms with van der Waals surface area (Å²) in [5.74, 6) is 0.722. The van der Waals surface area contributed by atoms with Crippen LogP contribution in [0.1, 0.15) is 54.0 Å². The van der Waals surface area contributed by atoms with Gasteiger partial charge < -0.3 is 4.90 Å². The Hall–Kier alpha value is -3.48. The highest BCUT2D eigenvalue weighted by molar-refractivity contribution is 5.89. The van der Waals surface area contributed by atoms with Gasteiger partial charge in [-0.15, -0.1) is 0 Å². The van der Waals surface area contributed by atoms with Crippen molar-refractivity contribution >= 4 is 17.6 Å². The highest BCUT2D eigenvalue weighted by atomic mass is 16.2. The summed E-state index contributed by atoms with van der Waals surface area (Å²) >= 11 is 0. The van der Waals surface area contributed by atoms with E-state index >= 15 is 0 Å². The smallest absolute Gasteiger partial charge is 0.251 e. The molecular weight excluding hydrogens is 412 g/mol. The van der Waals surface area contributed by atoms with E-state index in [1.807, 2.05) is 14.5 Å². The van der Waals surface area contributed by atoms with Crippen molar-refractivity contribution in [1.29, 1.82) is 0 Å². The maximum absolute atomic E-state index is 13.3. The monoisotopic (exact) mass is 442 g/mol. The lowest BCUT2D eigenvalue weighted by Gasteiger charge is -2.34. The molecule has 3 heterocycles. The minimum atomic E-state index is -0.142. The number of allylic oxidation sites excluding steroid dienone is 1. The number of hydrogen-bond acceptors (Lipinski definition) is 5. The highest BCUT2D eigenvalue weighted by Crippen LogP contribution is 2.36. The average Bonchev–Trinajstić information content (AvgIpc) is 3.15. The molecule has 1 fully saturated rings. The molecule has 0 N–H and O–H groups in total. The van der Waals surface area contributed by atoms with Crippen LogP contribution in [-0.4, -0.2) is 50.6 Å². The van der Waals surface area contributed by atoms with Crippen molar-refractivity contribution in [3.05, 3.63) is 76.9 Å². The van der Waals surface area contributed by atoms with Crippen molar-refractivity contribution in [1.82, 2.24) is 25.1 Å². The number of amides is 1. The van der Waals surface area contributed by atoms with Gasteiger partial charge in [-0.3, -0.25) is 9.69 Å². The van der Waals surface area contributed by atoms with Gasteiger partial charge >= 0.3 is 0 Å². The van der Waals surface area contributed by atoms with Gasteiger partial charge in [0.25, 0.3) is 5.95 Å². The van der Waals surface area contributed by atoms with Crippen LogP contribution in [0.3, 0.4) is 0 Å². The summed E-state index contributed by atoms with van der Waals surface area (Å²) in [6.45, 7) is 6.03. The summed E-state index contributed by atoms with van der Waals surface area (Å²) < 4.78 is 1.82. The van der Waals surface area contributed by atoms with Crippen LogP contribution < -0.4 is 4.90 Å². The zero-order valence-electron chi connectivity index (χ0n) is 19.3. The second kappa shape index (κ2) is 9.17. The molecule has 2 aromatic carbocycles. The van der Waals surface area contributed by atoms with E-state index in [1.54, 1.807) is 0 Å². The van der Waals surface area contributed by atoms with E-state index < -0.39 is 0 Å². The van der Waals surface area contributed by atoms with Crippen molar-refractivity contribution in [2.75, 3.05) is 24.5 Å². The van der Waals surface area contributed by atoms with Crippen molar-refractivity contribution in [2.24, 2.45) is 0 Å². The van der Waals surface area contributed by atoms with Crippen molar-refractivity contribution in [3.63, 3.8) is 0 Å². The fourth-order valence-corrected chi connectivity index (χ4v) is 4.65. The molecule has 1 aromatic heterocycles. The van der Waals surface area contributed by atoms with Crippen LogP contribution in [0.2, 0.25) is 0 Å². The molecule has 1 saturated heterocycles. The Labute approximate surface area is 194 Å². The van der Waals surface area contributed by atoms with Crippen molar-refractivity contribution < 1.29 is 4.79 Å². The number of hydrogen-bond donors (Lipinski definition) is 0. The van der Waals surface area contributed by atoms with E-state index in [0.29, 0.717) is 5.95 Å². The minimum absolute atomic E-state index is 0.123. The SMILES string of the molecule is Cc1ccc(C2=C[C@H](c3ccc(C)cc3)n3nnnc3N2CC(=O)N2CCCCCC2)cc1. The van der Waals surface area contributed by atoms with Gasteiger partial charge in [-0.1, -0.05) is 77.6 Å². The van der Waals surface area contributed by atoms with Crippen LogP contribution >= 0.6 is 0 Å². The first-order chi connectivity index (χ1) is 16.1. The van der Waals surface area contributed by atoms with Crippen LogP contribution in [0.4, 0.5) is 5.95 Å². The van der Waals surface area contributed by atoms with Gasteiger partial charge in [0, 0.05) is 13.1 Å². The number of aromatic nitrogens is 4. The summed E-state index contributed by atoms with van der Waals surface area (Å²) in [7, 11) is 0. The molecule has 33 heavy (non-hydrogen) atoms. The zero-order valence-corrected chi connectivity index (χ0v) is 19.3. The molecule has 0 bridgehead atoms. The third-order valence-corrected chi connectivity index (χ3v) is 6.61. The molecule has 1 atom stereocenters. The summed E-state index contributed by atoms with van der Waals surface area (Å²) in [5.41, 5.74) is 5.53. The fourth-order valence-electron chi connectivity index (χ4n) is 4.65. The molecule has 5 rings (SSSR count). The van der Waals surface area contributed by atoms with Gasteiger partial charge in [0.15, 0.2) is 0 Å². The second-order valence-corrected chi connectivity index (χ2v) is 9.08. The molecular formula is C26H30N6O. The van der Waals surface area contributed by atoms with Crippen LogP contribution in [0.25, 0.3) is 5.70 Å². The lowest BCUT2D eigenvalue weighted by molar-refractivity contribution is -0.129. The van der Waals surface area contributed by atoms with Gasteiger partial charge in [-0.25, -0.2) is 0 Å². The number of nitrogens with zero attached hydrogens (tertiary/aromatic N) is 6. The first-order valence-electron chi connectivity index (χ1n) is 11.8. The normalized spacial score (nSPS) is 18.5. The summed E-state index contributed by atoms with van der Waals surface area (Å²) in [4.78, 5) is 17.3. The molecule has 2 aliphatic heterocycles. The molecule has 3 aromatic rings. The number of fused-ring (bicyclic) bond motifs is 1. The molecule has 0 spiro atoms. The Morgan fingerprint density at radius 3 is 2.21 bits per heavy atom. The predicted molar refractivity (Wildman–Crippen MR) is 129 cm³/mol. The highest BCUT2D eigenvalue weighted by Gasteiger charge is 2.33. The Kier molecular flexibility index (Phi) is 5.94. The van der Waals surface area contributed by atoms with Gasteiger partial charge in [0.1, 0.15) is 12.6 Å². The molecule has 0 unspecified atom stereocenters. The molecule has 0 radical (unpaired) electrons. The van der Waals surface area contributed by atoms with E-state index in [0.717, 1.165) is 42.8 Å². The van der Waals surface area contributed by atoms with E-state index in [-0.39, 0.29) is 18.5 Å². The molecule has 7 heteroatoms. The van der Waals surface area contributed by atoms with Crippen molar-refractivity contribution in [2.45, 2.75) is 45.6 Å². The Bertz CT molecular complexity index is 1140. The van der Waals surface area contributed by atoms with Crippen molar-refractivity contribution in [3.8, 4) is 0 Å². The summed E-state index contributed by atoms with van der Waals surface area (Å²) in [6.07, 6.45) is 6.70. The average molecular weight is 443 g/mol. The molecule has 0 saturated carbocycles. The molecule has 7 nitrogen and oxygen atoms in total. The Balaban J connectivity index is 1.55. The lowest BCUT2D eigenvalue weighted by Crippen LogP contribution is -2.42. The van der Waals surface area contributed by atoms with E-state index in [2.05, 4.69) is 84.0 Å². The predicted octanol–water partition coefficient (Wildman–Crippen LogP) is 4.14. The number of likely N-dealkylation sites (tertiary alicyclic amines) is 1. The number of carbonyl (C=O) groups is 1. The Morgan fingerprint density at radius 2 is 1.55 bits per heavy atom. The quantitative estimate of drug-likeness (QED) is 0.607. The fraction of sp³-hybridized carbons (Fsp3) is 0.385. The summed E-state index contributed by atoms with van der Waals surface area (Å²) in [5, 5.41) is 12.7. The molecule has 2 aliphatic rings. The number of tetrazole rings is 1. The van der Waals surface area contributed by atoms with Gasteiger partial charge in [0.05, 0.1) is 5.70 Å². The molecule has 0 aliphatic carbocycles. The standard InChI is InChI=1S/C26H30N6O/c1-19-7-11-21(12-8-19)23-17-24(22-13-9-20(2)10-14-22)32-26(27-28-29-32)31(23)18-25(33)30-15-5-3-4-6-16-30/h7-14,17,24H,3-6,15-16,18H2,1-2H3/t24-/m1/s1. The largest absolute Gasteiger partial charge is 0.341 e. The molecule has 1 amide bonds.